The van der Waals surface area contributed by atoms with Gasteiger partial charge in [0.1, 0.15) is 0 Å². The largest absolute Gasteiger partial charge is 0.481 e. The maximum atomic E-state index is 12.9. The minimum atomic E-state index is -0.114. The SMILES string of the molecule is COc1ccc(C(=O)N(C)Cc2cn(-c3ccccc3)nc2-c2ccccc2)cn1. The third kappa shape index (κ3) is 4.07. The number of nitrogens with zero attached hydrogens (tertiary/aromatic N) is 4. The van der Waals surface area contributed by atoms with E-state index in [-0.39, 0.29) is 5.91 Å². The smallest absolute Gasteiger partial charge is 0.255 e. The summed E-state index contributed by atoms with van der Waals surface area (Å²) in [6.07, 6.45) is 3.51. The van der Waals surface area contributed by atoms with E-state index in [0.717, 1.165) is 22.5 Å². The first kappa shape index (κ1) is 19.4. The molecule has 2 heterocycles. The van der Waals surface area contributed by atoms with E-state index in [1.165, 1.54) is 6.20 Å². The summed E-state index contributed by atoms with van der Waals surface area (Å²) in [5.41, 5.74) is 4.30. The van der Waals surface area contributed by atoms with Crippen LogP contribution in [0.2, 0.25) is 0 Å². The first-order valence-corrected chi connectivity index (χ1v) is 9.60. The lowest BCUT2D eigenvalue weighted by molar-refractivity contribution is 0.0785. The maximum Gasteiger partial charge on any atom is 0.255 e. The summed E-state index contributed by atoms with van der Waals surface area (Å²) in [5.74, 6) is 0.362. The number of carbonyl (C=O) groups excluding carboxylic acids is 1. The minimum Gasteiger partial charge on any atom is -0.481 e. The van der Waals surface area contributed by atoms with Gasteiger partial charge in [-0.15, -0.1) is 0 Å². The molecule has 0 spiro atoms. The quantitative estimate of drug-likeness (QED) is 0.488. The van der Waals surface area contributed by atoms with Crippen LogP contribution in [0.5, 0.6) is 5.88 Å². The van der Waals surface area contributed by atoms with Gasteiger partial charge < -0.3 is 9.64 Å². The van der Waals surface area contributed by atoms with Crippen molar-refractivity contribution in [2.45, 2.75) is 6.54 Å². The van der Waals surface area contributed by atoms with Gasteiger partial charge >= 0.3 is 0 Å². The molecular weight excluding hydrogens is 376 g/mol. The molecule has 0 bridgehead atoms. The van der Waals surface area contributed by atoms with Gasteiger partial charge in [0.25, 0.3) is 5.91 Å². The molecule has 4 aromatic rings. The zero-order valence-electron chi connectivity index (χ0n) is 16.9. The van der Waals surface area contributed by atoms with E-state index in [4.69, 9.17) is 9.84 Å². The molecule has 0 unspecified atom stereocenters. The van der Waals surface area contributed by atoms with Crippen molar-refractivity contribution in [2.24, 2.45) is 0 Å². The molecule has 0 N–H and O–H groups in total. The first-order valence-electron chi connectivity index (χ1n) is 9.60. The number of hydrogen-bond donors (Lipinski definition) is 0. The Hall–Kier alpha value is -3.93. The van der Waals surface area contributed by atoms with Crippen LogP contribution in [0.4, 0.5) is 0 Å². The van der Waals surface area contributed by atoms with Crippen molar-refractivity contribution in [3.05, 3.63) is 96.3 Å². The zero-order valence-corrected chi connectivity index (χ0v) is 16.9. The molecule has 2 aromatic carbocycles. The Bertz CT molecular complexity index is 1120. The molecule has 0 saturated heterocycles. The molecule has 0 atom stereocenters. The van der Waals surface area contributed by atoms with Crippen molar-refractivity contribution in [1.82, 2.24) is 19.7 Å². The monoisotopic (exact) mass is 398 g/mol. The highest BCUT2D eigenvalue weighted by Crippen LogP contribution is 2.25. The van der Waals surface area contributed by atoms with Crippen molar-refractivity contribution in [3.8, 4) is 22.8 Å². The Morgan fingerprint density at radius 3 is 2.33 bits per heavy atom. The van der Waals surface area contributed by atoms with Gasteiger partial charge in [0.15, 0.2) is 0 Å². The summed E-state index contributed by atoms with van der Waals surface area (Å²) in [4.78, 5) is 18.7. The van der Waals surface area contributed by atoms with Gasteiger partial charge in [-0.3, -0.25) is 4.79 Å². The summed E-state index contributed by atoms with van der Waals surface area (Å²) >= 11 is 0. The molecular formula is C24H22N4O2. The second-order valence-corrected chi connectivity index (χ2v) is 6.90. The lowest BCUT2D eigenvalue weighted by atomic mass is 10.1. The highest BCUT2D eigenvalue weighted by molar-refractivity contribution is 5.93. The summed E-state index contributed by atoms with van der Waals surface area (Å²) in [5, 5.41) is 4.81. The van der Waals surface area contributed by atoms with Gasteiger partial charge in [0, 0.05) is 43.2 Å². The Balaban J connectivity index is 1.65. The van der Waals surface area contributed by atoms with Gasteiger partial charge in [-0.05, 0) is 18.2 Å². The van der Waals surface area contributed by atoms with Gasteiger partial charge in [-0.1, -0.05) is 48.5 Å². The molecule has 0 radical (unpaired) electrons. The predicted octanol–water partition coefficient (Wildman–Crippen LogP) is 4.22. The predicted molar refractivity (Wildman–Crippen MR) is 116 cm³/mol. The van der Waals surface area contributed by atoms with Crippen LogP contribution in [0.25, 0.3) is 16.9 Å². The van der Waals surface area contributed by atoms with E-state index >= 15 is 0 Å². The Morgan fingerprint density at radius 2 is 1.70 bits per heavy atom. The number of hydrogen-bond acceptors (Lipinski definition) is 4. The third-order valence-electron chi connectivity index (χ3n) is 4.80. The minimum absolute atomic E-state index is 0.114. The van der Waals surface area contributed by atoms with Crippen molar-refractivity contribution in [3.63, 3.8) is 0 Å². The van der Waals surface area contributed by atoms with Gasteiger partial charge in [0.2, 0.25) is 5.88 Å². The summed E-state index contributed by atoms with van der Waals surface area (Å²) < 4.78 is 6.92. The van der Waals surface area contributed by atoms with Crippen LogP contribution in [0, 0.1) is 0 Å². The standard InChI is InChI=1S/C24H22N4O2/c1-27(24(29)19-13-14-22(30-2)25-15-19)16-20-17-28(21-11-7-4-8-12-21)26-23(20)18-9-5-3-6-10-18/h3-15,17H,16H2,1-2H3. The molecule has 6 nitrogen and oxygen atoms in total. The van der Waals surface area contributed by atoms with Crippen LogP contribution in [0.15, 0.2) is 85.2 Å². The van der Waals surface area contributed by atoms with E-state index in [2.05, 4.69) is 4.98 Å². The Morgan fingerprint density at radius 1 is 1.00 bits per heavy atom. The van der Waals surface area contributed by atoms with E-state index in [1.54, 1.807) is 31.2 Å². The van der Waals surface area contributed by atoms with Crippen molar-refractivity contribution in [2.75, 3.05) is 14.2 Å². The van der Waals surface area contributed by atoms with E-state index in [1.807, 2.05) is 71.5 Å². The van der Waals surface area contributed by atoms with Crippen molar-refractivity contribution < 1.29 is 9.53 Å². The Labute approximate surface area is 175 Å². The number of para-hydroxylation sites is 1. The number of ether oxygens (including phenoxy) is 1. The molecule has 0 aliphatic carbocycles. The number of rotatable bonds is 6. The second kappa shape index (κ2) is 8.61. The molecule has 1 amide bonds. The van der Waals surface area contributed by atoms with Crippen LogP contribution < -0.4 is 4.74 Å². The molecule has 4 rings (SSSR count). The lowest BCUT2D eigenvalue weighted by Gasteiger charge is -2.17. The third-order valence-corrected chi connectivity index (χ3v) is 4.80. The molecule has 2 aromatic heterocycles. The summed E-state index contributed by atoms with van der Waals surface area (Å²) in [6, 6.07) is 23.3. The molecule has 0 fully saturated rings. The molecule has 30 heavy (non-hydrogen) atoms. The van der Waals surface area contributed by atoms with E-state index in [0.29, 0.717) is 18.0 Å². The fourth-order valence-electron chi connectivity index (χ4n) is 3.25. The number of benzene rings is 2. The molecule has 6 heteroatoms. The normalized spacial score (nSPS) is 10.6. The van der Waals surface area contributed by atoms with E-state index < -0.39 is 0 Å². The Kier molecular flexibility index (Phi) is 5.57. The average Bonchev–Trinajstić information content (AvgIpc) is 3.23. The number of methoxy groups -OCH3 is 1. The van der Waals surface area contributed by atoms with Crippen molar-refractivity contribution >= 4 is 5.91 Å². The second-order valence-electron chi connectivity index (χ2n) is 6.90. The first-order chi connectivity index (χ1) is 14.7. The summed E-state index contributed by atoms with van der Waals surface area (Å²) in [7, 11) is 3.33. The molecule has 0 saturated carbocycles. The molecule has 0 aliphatic rings. The van der Waals surface area contributed by atoms with Gasteiger partial charge in [-0.2, -0.15) is 5.10 Å². The van der Waals surface area contributed by atoms with Crippen LogP contribution in [-0.2, 0) is 6.54 Å². The topological polar surface area (TPSA) is 60.2 Å². The van der Waals surface area contributed by atoms with Crippen LogP contribution >= 0.6 is 0 Å². The van der Waals surface area contributed by atoms with Crippen molar-refractivity contribution in [1.29, 1.82) is 0 Å². The highest BCUT2D eigenvalue weighted by atomic mass is 16.5. The van der Waals surface area contributed by atoms with E-state index in [9.17, 15) is 4.79 Å². The molecule has 150 valence electrons. The fourth-order valence-corrected chi connectivity index (χ4v) is 3.25. The fraction of sp³-hybridized carbons (Fsp3) is 0.125. The van der Waals surface area contributed by atoms with Gasteiger partial charge in [-0.25, -0.2) is 9.67 Å². The average molecular weight is 398 g/mol. The van der Waals surface area contributed by atoms with Crippen LogP contribution in [0.3, 0.4) is 0 Å². The lowest BCUT2D eigenvalue weighted by Crippen LogP contribution is -2.26. The number of carbonyl (C=O) groups is 1. The highest BCUT2D eigenvalue weighted by Gasteiger charge is 2.18. The number of aromatic nitrogens is 3. The van der Waals surface area contributed by atoms with Crippen LogP contribution in [-0.4, -0.2) is 39.7 Å². The molecule has 0 aliphatic heterocycles. The zero-order chi connectivity index (χ0) is 20.9. The van der Waals surface area contributed by atoms with Crippen LogP contribution in [0.1, 0.15) is 15.9 Å². The van der Waals surface area contributed by atoms with Gasteiger partial charge in [0.05, 0.1) is 24.1 Å². The maximum absolute atomic E-state index is 12.9. The summed E-state index contributed by atoms with van der Waals surface area (Å²) in [6.45, 7) is 0.419. The number of amides is 1. The number of pyridine rings is 1.